The van der Waals surface area contributed by atoms with Crippen molar-refractivity contribution < 1.29 is 24.0 Å². The van der Waals surface area contributed by atoms with Gasteiger partial charge in [0.25, 0.3) is 11.6 Å². The van der Waals surface area contributed by atoms with Gasteiger partial charge in [0.15, 0.2) is 0 Å². The first-order valence-corrected chi connectivity index (χ1v) is 7.66. The van der Waals surface area contributed by atoms with Crippen LogP contribution in [0.15, 0.2) is 24.3 Å². The highest BCUT2D eigenvalue weighted by atomic mass is 32.2. The molecule has 0 aromatic heterocycles. The van der Waals surface area contributed by atoms with Crippen molar-refractivity contribution in [1.29, 1.82) is 0 Å². The predicted molar refractivity (Wildman–Crippen MR) is 82.7 cm³/mol. The number of esters is 1. The number of amides is 2. The number of nitrogens with zero attached hydrogens (tertiary/aromatic N) is 1. The van der Waals surface area contributed by atoms with Crippen LogP contribution in [0.2, 0.25) is 0 Å². The minimum Gasteiger partial charge on any atom is -0.465 e. The topological polar surface area (TPSA) is 128 Å². The lowest BCUT2D eigenvalue weighted by Crippen LogP contribution is -2.42. The molecule has 0 aliphatic heterocycles. The Balaban J connectivity index is 2.33. The molecule has 2 N–H and O–H groups in total. The summed E-state index contributed by atoms with van der Waals surface area (Å²) >= 11 is 1.05. The molecule has 0 heterocycles. The maximum absolute atomic E-state index is 11.7. The third kappa shape index (κ3) is 6.78. The highest BCUT2D eigenvalue weighted by Gasteiger charge is 2.11. The Kier molecular flexibility index (Phi) is 7.54. The van der Waals surface area contributed by atoms with Gasteiger partial charge in [-0.1, -0.05) is 0 Å². The van der Waals surface area contributed by atoms with E-state index in [4.69, 9.17) is 4.74 Å². The number of nitro benzene ring substituents is 1. The Morgan fingerprint density at radius 2 is 1.83 bits per heavy atom. The average Bonchev–Trinajstić information content (AvgIpc) is 2.53. The van der Waals surface area contributed by atoms with E-state index in [-0.39, 0.29) is 29.4 Å². The van der Waals surface area contributed by atoms with E-state index in [1.54, 1.807) is 6.92 Å². The zero-order chi connectivity index (χ0) is 17.2. The molecule has 1 rings (SSSR count). The second-order valence-electron chi connectivity index (χ2n) is 4.10. The molecule has 0 fully saturated rings. The highest BCUT2D eigenvalue weighted by molar-refractivity contribution is 8.00. The van der Waals surface area contributed by atoms with Crippen LogP contribution in [0.3, 0.4) is 0 Å². The first-order valence-electron chi connectivity index (χ1n) is 6.51. The molecule has 0 aliphatic carbocycles. The van der Waals surface area contributed by atoms with Gasteiger partial charge in [0, 0.05) is 17.7 Å². The van der Waals surface area contributed by atoms with Crippen molar-refractivity contribution in [3.8, 4) is 0 Å². The smallest absolute Gasteiger partial charge is 0.315 e. The summed E-state index contributed by atoms with van der Waals surface area (Å²) in [7, 11) is 0. The van der Waals surface area contributed by atoms with E-state index in [9.17, 15) is 24.5 Å². The van der Waals surface area contributed by atoms with Crippen LogP contribution < -0.4 is 10.9 Å². The number of rotatable bonds is 7. The molecular weight excluding hydrogens is 326 g/mol. The van der Waals surface area contributed by atoms with Crippen molar-refractivity contribution in [2.75, 3.05) is 18.1 Å². The second-order valence-corrected chi connectivity index (χ2v) is 5.09. The Morgan fingerprint density at radius 3 is 2.39 bits per heavy atom. The summed E-state index contributed by atoms with van der Waals surface area (Å²) in [5, 5.41) is 10.5. The molecule has 0 spiro atoms. The second kappa shape index (κ2) is 9.41. The van der Waals surface area contributed by atoms with Gasteiger partial charge in [-0.15, -0.1) is 11.8 Å². The Hall–Kier alpha value is -2.62. The van der Waals surface area contributed by atoms with Crippen molar-refractivity contribution in [2.24, 2.45) is 0 Å². The lowest BCUT2D eigenvalue weighted by atomic mass is 10.2. The largest absolute Gasteiger partial charge is 0.465 e. The van der Waals surface area contributed by atoms with E-state index in [0.717, 1.165) is 11.8 Å². The molecule has 0 radical (unpaired) electrons. The van der Waals surface area contributed by atoms with Gasteiger partial charge in [0.1, 0.15) is 0 Å². The number of non-ortho nitro benzene ring substituents is 1. The number of ether oxygens (including phenoxy) is 1. The summed E-state index contributed by atoms with van der Waals surface area (Å²) < 4.78 is 4.70. The van der Waals surface area contributed by atoms with Crippen molar-refractivity contribution in [2.45, 2.75) is 6.92 Å². The monoisotopic (exact) mass is 341 g/mol. The van der Waals surface area contributed by atoms with Gasteiger partial charge in [0.05, 0.1) is 23.0 Å². The van der Waals surface area contributed by atoms with Gasteiger partial charge in [-0.2, -0.15) is 0 Å². The minimum atomic E-state index is -0.608. The number of hydrogen-bond donors (Lipinski definition) is 2. The van der Waals surface area contributed by atoms with Crippen LogP contribution in [0.25, 0.3) is 0 Å². The number of carbonyl (C=O) groups excluding carboxylic acids is 3. The van der Waals surface area contributed by atoms with E-state index < -0.39 is 22.7 Å². The van der Waals surface area contributed by atoms with Crippen LogP contribution in [-0.2, 0) is 14.3 Å². The van der Waals surface area contributed by atoms with Crippen LogP contribution in [0.1, 0.15) is 17.3 Å². The van der Waals surface area contributed by atoms with Crippen LogP contribution >= 0.6 is 11.8 Å². The van der Waals surface area contributed by atoms with Crippen LogP contribution in [0.5, 0.6) is 0 Å². The maximum Gasteiger partial charge on any atom is 0.315 e. The standard InChI is InChI=1S/C13H15N3O6S/c1-2-22-12(18)8-23-7-11(17)14-15-13(19)9-3-5-10(6-4-9)16(20)21/h3-6H,2,7-8H2,1H3,(H,14,17)(H,15,19). The number of hydrazine groups is 1. The van der Waals surface area contributed by atoms with E-state index >= 15 is 0 Å². The highest BCUT2D eigenvalue weighted by Crippen LogP contribution is 2.11. The predicted octanol–water partition coefficient (Wildman–Crippen LogP) is 0.652. The third-order valence-corrected chi connectivity index (χ3v) is 3.32. The molecule has 9 nitrogen and oxygen atoms in total. The zero-order valence-corrected chi connectivity index (χ0v) is 13.1. The molecule has 124 valence electrons. The van der Waals surface area contributed by atoms with E-state index in [2.05, 4.69) is 10.9 Å². The number of hydrogen-bond acceptors (Lipinski definition) is 7. The number of benzene rings is 1. The molecule has 0 saturated heterocycles. The van der Waals surface area contributed by atoms with Crippen molar-refractivity contribution in [3.05, 3.63) is 39.9 Å². The summed E-state index contributed by atoms with van der Waals surface area (Å²) in [4.78, 5) is 44.2. The Bertz CT molecular complexity index is 590. The lowest BCUT2D eigenvalue weighted by molar-refractivity contribution is -0.384. The van der Waals surface area contributed by atoms with Gasteiger partial charge in [0.2, 0.25) is 5.91 Å². The van der Waals surface area contributed by atoms with Gasteiger partial charge in [-0.05, 0) is 19.1 Å². The molecule has 0 aliphatic rings. The van der Waals surface area contributed by atoms with Gasteiger partial charge in [-0.3, -0.25) is 35.3 Å². The number of nitro groups is 1. The molecule has 0 atom stereocenters. The Labute approximate surface area is 135 Å². The van der Waals surface area contributed by atoms with Gasteiger partial charge < -0.3 is 4.74 Å². The first-order chi connectivity index (χ1) is 10.9. The number of carbonyl (C=O) groups is 3. The van der Waals surface area contributed by atoms with E-state index in [1.165, 1.54) is 24.3 Å². The summed E-state index contributed by atoms with van der Waals surface area (Å²) in [6, 6.07) is 4.92. The summed E-state index contributed by atoms with van der Waals surface area (Å²) in [6.45, 7) is 1.96. The normalized spacial score (nSPS) is 9.78. The minimum absolute atomic E-state index is 0.0284. The molecule has 23 heavy (non-hydrogen) atoms. The third-order valence-electron chi connectivity index (χ3n) is 2.41. The number of nitrogens with one attached hydrogen (secondary N) is 2. The van der Waals surface area contributed by atoms with Gasteiger partial charge in [-0.25, -0.2) is 0 Å². The molecule has 0 saturated carbocycles. The van der Waals surface area contributed by atoms with E-state index in [1.807, 2.05) is 0 Å². The lowest BCUT2D eigenvalue weighted by Gasteiger charge is -2.07. The summed E-state index contributed by atoms with van der Waals surface area (Å²) in [6.07, 6.45) is 0. The zero-order valence-electron chi connectivity index (χ0n) is 12.2. The molecule has 1 aromatic rings. The fraction of sp³-hybridized carbons (Fsp3) is 0.308. The summed E-state index contributed by atoms with van der Waals surface area (Å²) in [5.74, 6) is -1.50. The average molecular weight is 341 g/mol. The first kappa shape index (κ1) is 18.4. The molecule has 0 unspecified atom stereocenters. The molecule has 10 heteroatoms. The van der Waals surface area contributed by atoms with Crippen LogP contribution in [0, 0.1) is 10.1 Å². The number of thioether (sulfide) groups is 1. The van der Waals surface area contributed by atoms with Crippen molar-refractivity contribution >= 4 is 35.2 Å². The maximum atomic E-state index is 11.7. The Morgan fingerprint density at radius 1 is 1.17 bits per heavy atom. The van der Waals surface area contributed by atoms with Crippen LogP contribution in [-0.4, -0.2) is 40.8 Å². The fourth-order valence-electron chi connectivity index (χ4n) is 1.40. The van der Waals surface area contributed by atoms with Crippen LogP contribution in [0.4, 0.5) is 5.69 Å². The molecule has 2 amide bonds. The van der Waals surface area contributed by atoms with E-state index in [0.29, 0.717) is 0 Å². The van der Waals surface area contributed by atoms with Crippen molar-refractivity contribution in [1.82, 2.24) is 10.9 Å². The molecule has 0 bridgehead atoms. The SMILES string of the molecule is CCOC(=O)CSCC(=O)NNC(=O)c1ccc([N+](=O)[O-])cc1. The fourth-order valence-corrected chi connectivity index (χ4v) is 2.01. The quantitative estimate of drug-likeness (QED) is 0.423. The van der Waals surface area contributed by atoms with Gasteiger partial charge >= 0.3 is 5.97 Å². The molecule has 1 aromatic carbocycles. The molecular formula is C13H15N3O6S. The summed E-state index contributed by atoms with van der Waals surface area (Å²) in [5.41, 5.74) is 4.38. The van der Waals surface area contributed by atoms with Crippen molar-refractivity contribution in [3.63, 3.8) is 0 Å².